The van der Waals surface area contributed by atoms with E-state index in [1.54, 1.807) is 0 Å². The Bertz CT molecular complexity index is 665. The fourth-order valence-electron chi connectivity index (χ4n) is 2.84. The Morgan fingerprint density at radius 3 is 2.46 bits per heavy atom. The van der Waals surface area contributed by atoms with E-state index in [0.717, 1.165) is 35.9 Å². The van der Waals surface area contributed by atoms with E-state index in [-0.39, 0.29) is 30.0 Å². The van der Waals surface area contributed by atoms with Crippen molar-refractivity contribution in [3.05, 3.63) is 52.9 Å². The third kappa shape index (κ3) is 6.30. The zero-order valence-corrected chi connectivity index (χ0v) is 18.7. The molecule has 0 fully saturated rings. The molecule has 0 aliphatic carbocycles. The standard InChI is InChI=1S/C20H30N4O.HI/c1-6-21-20(22-13-12-19-16(4)24-25-17(19)5)23-15(3)14(2)18-10-8-7-9-11-18;/h7-11,14-15H,6,12-13H2,1-5H3,(H2,21,22,23);1H. The van der Waals surface area contributed by atoms with E-state index < -0.39 is 0 Å². The van der Waals surface area contributed by atoms with Gasteiger partial charge in [-0.1, -0.05) is 42.4 Å². The summed E-state index contributed by atoms with van der Waals surface area (Å²) in [5.41, 5.74) is 3.44. The lowest BCUT2D eigenvalue weighted by Crippen LogP contribution is -2.44. The molecule has 0 spiro atoms. The summed E-state index contributed by atoms with van der Waals surface area (Å²) in [6.45, 7) is 12.0. The molecule has 2 aromatic rings. The smallest absolute Gasteiger partial charge is 0.191 e. The monoisotopic (exact) mass is 470 g/mol. The normalized spacial score (nSPS) is 13.7. The fraction of sp³-hybridized carbons (Fsp3) is 0.500. The number of guanidine groups is 1. The van der Waals surface area contributed by atoms with Crippen molar-refractivity contribution in [2.45, 2.75) is 53.0 Å². The number of rotatable bonds is 7. The van der Waals surface area contributed by atoms with Crippen molar-refractivity contribution in [1.82, 2.24) is 15.8 Å². The number of halogens is 1. The Balaban J connectivity index is 0.00000338. The molecule has 1 aromatic carbocycles. The molecule has 26 heavy (non-hydrogen) atoms. The SMILES string of the molecule is CCNC(=NCCc1c(C)noc1C)NC(C)C(C)c1ccccc1.I. The van der Waals surface area contributed by atoms with Crippen molar-refractivity contribution >= 4 is 29.9 Å². The largest absolute Gasteiger partial charge is 0.361 e. The molecule has 0 aliphatic heterocycles. The molecule has 0 aliphatic rings. The summed E-state index contributed by atoms with van der Waals surface area (Å²) in [5, 5.41) is 10.9. The maximum atomic E-state index is 5.22. The highest BCUT2D eigenvalue weighted by Crippen LogP contribution is 2.18. The highest BCUT2D eigenvalue weighted by atomic mass is 127. The number of aryl methyl sites for hydroxylation is 2. The topological polar surface area (TPSA) is 62.5 Å². The molecule has 1 aromatic heterocycles. The first-order chi connectivity index (χ1) is 12.0. The van der Waals surface area contributed by atoms with E-state index in [1.807, 2.05) is 13.8 Å². The number of benzene rings is 1. The molecule has 2 atom stereocenters. The second kappa shape index (κ2) is 11.2. The van der Waals surface area contributed by atoms with Crippen molar-refractivity contribution in [3.63, 3.8) is 0 Å². The highest BCUT2D eigenvalue weighted by molar-refractivity contribution is 14.0. The Morgan fingerprint density at radius 1 is 1.19 bits per heavy atom. The maximum Gasteiger partial charge on any atom is 0.191 e. The Labute approximate surface area is 174 Å². The quantitative estimate of drug-likeness (QED) is 0.362. The average Bonchev–Trinajstić information content (AvgIpc) is 2.93. The van der Waals surface area contributed by atoms with Crippen molar-refractivity contribution in [3.8, 4) is 0 Å². The summed E-state index contributed by atoms with van der Waals surface area (Å²) in [7, 11) is 0. The van der Waals surface area contributed by atoms with Crippen LogP contribution < -0.4 is 10.6 Å². The Morgan fingerprint density at radius 2 is 1.88 bits per heavy atom. The highest BCUT2D eigenvalue weighted by Gasteiger charge is 2.15. The number of nitrogens with zero attached hydrogens (tertiary/aromatic N) is 2. The van der Waals surface area contributed by atoms with Crippen molar-refractivity contribution in [2.24, 2.45) is 4.99 Å². The molecule has 0 amide bonds. The first-order valence-electron chi connectivity index (χ1n) is 9.04. The van der Waals surface area contributed by atoms with Gasteiger partial charge in [0.1, 0.15) is 5.76 Å². The van der Waals surface area contributed by atoms with E-state index >= 15 is 0 Å². The number of aliphatic imine (C=N–C) groups is 1. The van der Waals surface area contributed by atoms with Gasteiger partial charge in [-0.2, -0.15) is 0 Å². The second-order valence-electron chi connectivity index (χ2n) is 6.45. The number of nitrogens with one attached hydrogen (secondary N) is 2. The minimum absolute atomic E-state index is 0. The summed E-state index contributed by atoms with van der Waals surface area (Å²) in [6.07, 6.45) is 0.834. The third-order valence-corrected chi connectivity index (χ3v) is 4.60. The van der Waals surface area contributed by atoms with E-state index in [0.29, 0.717) is 12.5 Å². The van der Waals surface area contributed by atoms with Crippen LogP contribution in [0.4, 0.5) is 0 Å². The predicted molar refractivity (Wildman–Crippen MR) is 119 cm³/mol. The van der Waals surface area contributed by atoms with E-state index in [9.17, 15) is 0 Å². The molecule has 144 valence electrons. The molecule has 6 heteroatoms. The van der Waals surface area contributed by atoms with Crippen LogP contribution in [0.25, 0.3) is 0 Å². The Kier molecular flexibility index (Phi) is 9.69. The second-order valence-corrected chi connectivity index (χ2v) is 6.45. The number of aromatic nitrogens is 1. The van der Waals surface area contributed by atoms with Gasteiger partial charge in [0.25, 0.3) is 0 Å². The molecule has 5 nitrogen and oxygen atoms in total. The van der Waals surface area contributed by atoms with Crippen LogP contribution in [0.1, 0.15) is 49.3 Å². The maximum absolute atomic E-state index is 5.22. The number of hydrogen-bond acceptors (Lipinski definition) is 3. The first kappa shape index (κ1) is 22.5. The third-order valence-electron chi connectivity index (χ3n) is 4.60. The summed E-state index contributed by atoms with van der Waals surface area (Å²) < 4.78 is 5.22. The molecule has 0 saturated carbocycles. The molecule has 2 unspecified atom stereocenters. The van der Waals surface area contributed by atoms with Crippen LogP contribution in [0.3, 0.4) is 0 Å². The van der Waals surface area contributed by atoms with Gasteiger partial charge in [-0.05, 0) is 39.7 Å². The molecule has 1 heterocycles. The van der Waals surface area contributed by atoms with Gasteiger partial charge in [0.05, 0.1) is 5.69 Å². The van der Waals surface area contributed by atoms with Crippen LogP contribution in [-0.2, 0) is 6.42 Å². The minimum atomic E-state index is 0. The summed E-state index contributed by atoms with van der Waals surface area (Å²) in [5.74, 6) is 2.13. The van der Waals surface area contributed by atoms with Crippen molar-refractivity contribution < 1.29 is 4.52 Å². The van der Waals surface area contributed by atoms with Crippen LogP contribution in [0.5, 0.6) is 0 Å². The van der Waals surface area contributed by atoms with E-state index in [1.165, 1.54) is 5.56 Å². The molecular weight excluding hydrogens is 439 g/mol. The summed E-state index contributed by atoms with van der Waals surface area (Å²) >= 11 is 0. The zero-order valence-electron chi connectivity index (χ0n) is 16.4. The van der Waals surface area contributed by atoms with Crippen LogP contribution in [0.15, 0.2) is 39.8 Å². The van der Waals surface area contributed by atoms with Crippen LogP contribution >= 0.6 is 24.0 Å². The van der Waals surface area contributed by atoms with Crippen molar-refractivity contribution in [1.29, 1.82) is 0 Å². The van der Waals surface area contributed by atoms with Gasteiger partial charge in [-0.3, -0.25) is 4.99 Å². The minimum Gasteiger partial charge on any atom is -0.361 e. The van der Waals surface area contributed by atoms with Crippen LogP contribution in [0, 0.1) is 13.8 Å². The van der Waals surface area contributed by atoms with E-state index in [2.05, 4.69) is 66.9 Å². The fourth-order valence-corrected chi connectivity index (χ4v) is 2.84. The van der Waals surface area contributed by atoms with E-state index in [4.69, 9.17) is 9.52 Å². The van der Waals surface area contributed by atoms with Gasteiger partial charge in [-0.25, -0.2) is 0 Å². The summed E-state index contributed by atoms with van der Waals surface area (Å²) in [6, 6.07) is 10.8. The van der Waals surface area contributed by atoms with Crippen LogP contribution in [-0.4, -0.2) is 30.2 Å². The lowest BCUT2D eigenvalue weighted by Gasteiger charge is -2.24. The average molecular weight is 470 g/mol. The first-order valence-corrected chi connectivity index (χ1v) is 9.04. The molecule has 0 radical (unpaired) electrons. The molecule has 2 rings (SSSR count). The number of hydrogen-bond donors (Lipinski definition) is 2. The van der Waals surface area contributed by atoms with Gasteiger partial charge >= 0.3 is 0 Å². The molecular formula is C20H31IN4O. The van der Waals surface area contributed by atoms with Gasteiger partial charge < -0.3 is 15.2 Å². The van der Waals surface area contributed by atoms with Crippen LogP contribution in [0.2, 0.25) is 0 Å². The van der Waals surface area contributed by atoms with Gasteiger partial charge in [0.2, 0.25) is 0 Å². The molecule has 0 saturated heterocycles. The van der Waals surface area contributed by atoms with Crippen molar-refractivity contribution in [2.75, 3.05) is 13.1 Å². The summed E-state index contributed by atoms with van der Waals surface area (Å²) in [4.78, 5) is 4.71. The molecule has 0 bridgehead atoms. The lowest BCUT2D eigenvalue weighted by molar-refractivity contribution is 0.392. The predicted octanol–water partition coefficient (Wildman–Crippen LogP) is 4.20. The lowest BCUT2D eigenvalue weighted by atomic mass is 9.94. The molecule has 2 N–H and O–H groups in total. The van der Waals surface area contributed by atoms with Gasteiger partial charge in [0.15, 0.2) is 5.96 Å². The van der Waals surface area contributed by atoms with Gasteiger partial charge in [0, 0.05) is 30.6 Å². The van der Waals surface area contributed by atoms with Gasteiger partial charge in [-0.15, -0.1) is 24.0 Å². The zero-order chi connectivity index (χ0) is 18.2. The Hall–Kier alpha value is -1.57.